The Kier molecular flexibility index (Phi) is 3.31. The molecular formula is C18H22O3. The number of rotatable bonds is 4. The van der Waals surface area contributed by atoms with E-state index in [1.54, 1.807) is 13.4 Å². The Morgan fingerprint density at radius 1 is 1.19 bits per heavy atom. The summed E-state index contributed by atoms with van der Waals surface area (Å²) in [5.74, 6) is 2.45. The molecule has 3 rings (SSSR count). The van der Waals surface area contributed by atoms with Crippen molar-refractivity contribution in [2.75, 3.05) is 7.11 Å². The van der Waals surface area contributed by atoms with Gasteiger partial charge in [-0.15, -0.1) is 0 Å². The van der Waals surface area contributed by atoms with E-state index in [2.05, 4.69) is 13.8 Å². The number of carbonyl (C=O) groups excluding carboxylic acids is 1. The molecule has 3 nitrogen and oxygen atoms in total. The van der Waals surface area contributed by atoms with E-state index >= 15 is 0 Å². The predicted octanol–water partition coefficient (Wildman–Crippen LogP) is 3.98. The summed E-state index contributed by atoms with van der Waals surface area (Å²) in [7, 11) is 1.64. The highest BCUT2D eigenvalue weighted by Gasteiger charge is 2.62. The molecular weight excluding hydrogens is 264 g/mol. The zero-order valence-electron chi connectivity index (χ0n) is 12.9. The van der Waals surface area contributed by atoms with E-state index < -0.39 is 0 Å². The highest BCUT2D eigenvalue weighted by atomic mass is 16.5. The molecule has 0 heterocycles. The third-order valence-electron chi connectivity index (χ3n) is 5.60. The Morgan fingerprint density at radius 2 is 1.86 bits per heavy atom. The van der Waals surface area contributed by atoms with E-state index in [0.29, 0.717) is 11.7 Å². The van der Waals surface area contributed by atoms with Crippen molar-refractivity contribution < 1.29 is 14.3 Å². The molecule has 1 aromatic rings. The van der Waals surface area contributed by atoms with E-state index in [4.69, 9.17) is 9.47 Å². The normalized spacial score (nSPS) is 30.0. The third-order valence-corrected chi connectivity index (χ3v) is 5.60. The molecule has 0 spiro atoms. The quantitative estimate of drug-likeness (QED) is 0.785. The molecule has 2 saturated carbocycles. The van der Waals surface area contributed by atoms with E-state index in [9.17, 15) is 4.79 Å². The molecule has 3 heteroatoms. The van der Waals surface area contributed by atoms with Gasteiger partial charge in [-0.25, -0.2) is 0 Å². The number of allylic oxidation sites excluding steroid dienone is 1. The van der Waals surface area contributed by atoms with Crippen LogP contribution < -0.4 is 9.47 Å². The van der Waals surface area contributed by atoms with Crippen molar-refractivity contribution in [1.29, 1.82) is 0 Å². The lowest BCUT2D eigenvalue weighted by molar-refractivity contribution is -0.126. The van der Waals surface area contributed by atoms with E-state index in [0.717, 1.165) is 30.8 Å². The molecule has 2 fully saturated rings. The average Bonchev–Trinajstić information content (AvgIpc) is 2.82. The number of fused-ring (bicyclic) bond motifs is 2. The van der Waals surface area contributed by atoms with Crippen molar-refractivity contribution in [2.24, 2.45) is 16.7 Å². The third kappa shape index (κ3) is 2.06. The fourth-order valence-electron chi connectivity index (χ4n) is 3.99. The number of ketones is 1. The molecule has 2 aliphatic rings. The second-order valence-electron chi connectivity index (χ2n) is 6.65. The standard InChI is InChI=1S/C18H22O3/c1-17(2)13-8-9-18(17,16(19)12-13)10-11-21-15-6-4-14(20-3)5-7-15/h4-7,10-11,13H,8-9,12H2,1-3H3/b11-10-/t13-,18-/m1/s1. The number of hydrogen-bond donors (Lipinski definition) is 0. The van der Waals surface area contributed by atoms with Crippen LogP contribution in [0.5, 0.6) is 11.5 Å². The van der Waals surface area contributed by atoms with Gasteiger partial charge < -0.3 is 9.47 Å². The molecule has 1 aromatic carbocycles. The first-order valence-electron chi connectivity index (χ1n) is 7.51. The topological polar surface area (TPSA) is 35.5 Å². The molecule has 0 saturated heterocycles. The van der Waals surface area contributed by atoms with Gasteiger partial charge in [-0.05, 0) is 54.5 Å². The number of ether oxygens (including phenoxy) is 2. The minimum Gasteiger partial charge on any atom is -0.497 e. The lowest BCUT2D eigenvalue weighted by atomic mass is 9.69. The van der Waals surface area contributed by atoms with Crippen molar-refractivity contribution in [3.8, 4) is 11.5 Å². The summed E-state index contributed by atoms with van der Waals surface area (Å²) >= 11 is 0. The van der Waals surface area contributed by atoms with Gasteiger partial charge in [0.15, 0.2) is 0 Å². The fraction of sp³-hybridized carbons (Fsp3) is 0.500. The first-order valence-corrected chi connectivity index (χ1v) is 7.51. The van der Waals surface area contributed by atoms with Gasteiger partial charge in [0, 0.05) is 6.42 Å². The Bertz CT molecular complexity index is 571. The molecule has 112 valence electrons. The zero-order valence-corrected chi connectivity index (χ0v) is 12.9. The first kappa shape index (κ1) is 14.2. The highest BCUT2D eigenvalue weighted by Crippen LogP contribution is 2.64. The van der Waals surface area contributed by atoms with Crippen molar-refractivity contribution in [3.05, 3.63) is 36.6 Å². The lowest BCUT2D eigenvalue weighted by Gasteiger charge is -2.33. The number of hydrogen-bond acceptors (Lipinski definition) is 3. The van der Waals surface area contributed by atoms with Gasteiger partial charge >= 0.3 is 0 Å². The summed E-state index contributed by atoms with van der Waals surface area (Å²) in [5.41, 5.74) is -0.284. The smallest absolute Gasteiger partial charge is 0.143 e. The minimum atomic E-state index is -0.329. The highest BCUT2D eigenvalue weighted by molar-refractivity contribution is 5.91. The van der Waals surface area contributed by atoms with Crippen LogP contribution in [0.4, 0.5) is 0 Å². The minimum absolute atomic E-state index is 0.0455. The van der Waals surface area contributed by atoms with Crippen LogP contribution in [0, 0.1) is 16.7 Å². The van der Waals surface area contributed by atoms with Gasteiger partial charge in [0.25, 0.3) is 0 Å². The van der Waals surface area contributed by atoms with Gasteiger partial charge in [-0.1, -0.05) is 13.8 Å². The molecule has 21 heavy (non-hydrogen) atoms. The van der Waals surface area contributed by atoms with Gasteiger partial charge in [0.2, 0.25) is 0 Å². The monoisotopic (exact) mass is 286 g/mol. The molecule has 2 bridgehead atoms. The largest absolute Gasteiger partial charge is 0.497 e. The Hall–Kier alpha value is -1.77. The summed E-state index contributed by atoms with van der Waals surface area (Å²) in [6, 6.07) is 7.44. The van der Waals surface area contributed by atoms with Crippen molar-refractivity contribution in [2.45, 2.75) is 33.1 Å². The molecule has 0 N–H and O–H groups in total. The SMILES string of the molecule is COc1ccc(O/C=C\[C@]23CC[C@H](CC2=O)C3(C)C)cc1. The van der Waals surface area contributed by atoms with Gasteiger partial charge in [-0.3, -0.25) is 4.79 Å². The number of Topliss-reactive ketones (excluding diaryl/α,β-unsaturated/α-hetero) is 1. The summed E-state index contributed by atoms with van der Waals surface area (Å²) in [5, 5.41) is 0. The molecule has 0 aromatic heterocycles. The molecule has 0 unspecified atom stereocenters. The van der Waals surface area contributed by atoms with Gasteiger partial charge in [0.05, 0.1) is 18.8 Å². The van der Waals surface area contributed by atoms with Crippen molar-refractivity contribution in [3.63, 3.8) is 0 Å². The lowest BCUT2D eigenvalue weighted by Crippen LogP contribution is -2.33. The van der Waals surface area contributed by atoms with Crippen molar-refractivity contribution >= 4 is 5.78 Å². The van der Waals surface area contributed by atoms with Crippen LogP contribution >= 0.6 is 0 Å². The van der Waals surface area contributed by atoms with Crippen LogP contribution in [-0.4, -0.2) is 12.9 Å². The van der Waals surface area contributed by atoms with E-state index in [1.807, 2.05) is 30.3 Å². The maximum atomic E-state index is 12.4. The van der Waals surface area contributed by atoms with Crippen LogP contribution in [-0.2, 0) is 4.79 Å². The molecule has 2 atom stereocenters. The Balaban J connectivity index is 1.75. The molecule has 0 radical (unpaired) electrons. The zero-order chi connectivity index (χ0) is 15.1. The predicted molar refractivity (Wildman–Crippen MR) is 81.3 cm³/mol. The Morgan fingerprint density at radius 3 is 2.38 bits per heavy atom. The van der Waals surface area contributed by atoms with E-state index in [1.165, 1.54) is 0 Å². The fourth-order valence-corrected chi connectivity index (χ4v) is 3.99. The summed E-state index contributed by atoms with van der Waals surface area (Å²) in [4.78, 5) is 12.4. The van der Waals surface area contributed by atoms with Gasteiger partial charge in [-0.2, -0.15) is 0 Å². The van der Waals surface area contributed by atoms with Crippen LogP contribution in [0.1, 0.15) is 33.1 Å². The van der Waals surface area contributed by atoms with Crippen LogP contribution in [0.15, 0.2) is 36.6 Å². The van der Waals surface area contributed by atoms with Crippen LogP contribution in [0.2, 0.25) is 0 Å². The average molecular weight is 286 g/mol. The first-order chi connectivity index (χ1) is 9.99. The van der Waals surface area contributed by atoms with Gasteiger partial charge in [0.1, 0.15) is 17.3 Å². The van der Waals surface area contributed by atoms with Crippen molar-refractivity contribution in [1.82, 2.24) is 0 Å². The summed E-state index contributed by atoms with van der Waals surface area (Å²) in [6.07, 6.45) is 6.50. The number of carbonyl (C=O) groups is 1. The molecule has 0 amide bonds. The summed E-state index contributed by atoms with van der Waals surface area (Å²) < 4.78 is 10.8. The maximum Gasteiger partial charge on any atom is 0.143 e. The van der Waals surface area contributed by atoms with Crippen LogP contribution in [0.25, 0.3) is 0 Å². The second kappa shape index (κ2) is 4.90. The molecule has 2 aliphatic carbocycles. The molecule has 0 aliphatic heterocycles. The number of benzene rings is 1. The van der Waals surface area contributed by atoms with Crippen LogP contribution in [0.3, 0.4) is 0 Å². The second-order valence-corrected chi connectivity index (χ2v) is 6.65. The maximum absolute atomic E-state index is 12.4. The number of methoxy groups -OCH3 is 1. The van der Waals surface area contributed by atoms with E-state index in [-0.39, 0.29) is 10.8 Å². The summed E-state index contributed by atoms with van der Waals surface area (Å²) in [6.45, 7) is 4.43. The Labute approximate surface area is 125 Å².